The van der Waals surface area contributed by atoms with E-state index in [2.05, 4.69) is 57.7 Å². The van der Waals surface area contributed by atoms with Gasteiger partial charge in [0, 0.05) is 36.9 Å². The summed E-state index contributed by atoms with van der Waals surface area (Å²) in [7, 11) is 0. The van der Waals surface area contributed by atoms with Gasteiger partial charge in [-0.15, -0.1) is 0 Å². The molecule has 2 aliphatic heterocycles. The maximum absolute atomic E-state index is 13.6. The topological polar surface area (TPSA) is 70.4 Å². The molecule has 192 valence electrons. The highest BCUT2D eigenvalue weighted by Crippen LogP contribution is 2.36. The smallest absolute Gasteiger partial charge is 0.251 e. The van der Waals surface area contributed by atoms with Gasteiger partial charge in [0.05, 0.1) is 5.70 Å². The van der Waals surface area contributed by atoms with Crippen LogP contribution < -0.4 is 9.80 Å². The van der Waals surface area contributed by atoms with E-state index < -0.39 is 0 Å². The molecular formula is C29H28ClN7O. The molecule has 1 amide bonds. The molecule has 0 N–H and O–H groups in total. The van der Waals surface area contributed by atoms with Gasteiger partial charge in [-0.05, 0) is 64.4 Å². The summed E-state index contributed by atoms with van der Waals surface area (Å²) in [4.78, 5) is 19.8. The maximum Gasteiger partial charge on any atom is 0.251 e. The van der Waals surface area contributed by atoms with E-state index >= 15 is 0 Å². The summed E-state index contributed by atoms with van der Waals surface area (Å²) in [5.41, 5.74) is 5.35. The Morgan fingerprint density at radius 1 is 0.947 bits per heavy atom. The highest BCUT2D eigenvalue weighted by atomic mass is 35.5. The lowest BCUT2D eigenvalue weighted by Gasteiger charge is -2.38. The van der Waals surface area contributed by atoms with Gasteiger partial charge in [-0.2, -0.15) is 4.68 Å². The number of carbonyl (C=O) groups is 1. The van der Waals surface area contributed by atoms with E-state index in [4.69, 9.17) is 11.6 Å². The number of carbonyl (C=O) groups excluding carboxylic acids is 1. The fourth-order valence-corrected chi connectivity index (χ4v) is 5.28. The van der Waals surface area contributed by atoms with E-state index in [0.29, 0.717) is 24.1 Å². The first-order valence-electron chi connectivity index (χ1n) is 12.7. The number of piperazine rings is 1. The predicted octanol–water partition coefficient (Wildman–Crippen LogP) is 4.43. The molecular weight excluding hydrogens is 498 g/mol. The number of nitrogens with zero attached hydrogens (tertiary/aromatic N) is 7. The molecule has 0 aliphatic carbocycles. The minimum Gasteiger partial charge on any atom is -0.368 e. The first-order chi connectivity index (χ1) is 18.6. The van der Waals surface area contributed by atoms with Crippen molar-refractivity contribution in [3.8, 4) is 0 Å². The van der Waals surface area contributed by atoms with Gasteiger partial charge in [-0.3, -0.25) is 9.69 Å². The third kappa shape index (κ3) is 4.75. The zero-order valence-corrected chi connectivity index (χ0v) is 21.9. The average molecular weight is 526 g/mol. The van der Waals surface area contributed by atoms with Gasteiger partial charge in [-0.1, -0.05) is 71.3 Å². The number of fused-ring (bicyclic) bond motifs is 1. The lowest BCUT2D eigenvalue weighted by Crippen LogP contribution is -2.51. The first-order valence-corrected chi connectivity index (χ1v) is 13.1. The van der Waals surface area contributed by atoms with Crippen LogP contribution in [0.2, 0.25) is 5.02 Å². The number of allylic oxidation sites excluding steroid dienone is 1. The van der Waals surface area contributed by atoms with Crippen LogP contribution in [-0.2, 0) is 4.79 Å². The largest absolute Gasteiger partial charge is 0.368 e. The summed E-state index contributed by atoms with van der Waals surface area (Å²) >= 11 is 6.14. The molecule has 0 spiro atoms. The second kappa shape index (κ2) is 10.3. The van der Waals surface area contributed by atoms with Gasteiger partial charge in [0.2, 0.25) is 5.91 Å². The zero-order chi connectivity index (χ0) is 26.1. The van der Waals surface area contributed by atoms with Crippen molar-refractivity contribution in [2.75, 3.05) is 42.5 Å². The third-order valence-corrected chi connectivity index (χ3v) is 7.41. The molecule has 6 rings (SSSR count). The van der Waals surface area contributed by atoms with Crippen LogP contribution in [-0.4, -0.2) is 63.7 Å². The summed E-state index contributed by atoms with van der Waals surface area (Å²) in [6.07, 6.45) is 2.12. The van der Waals surface area contributed by atoms with E-state index in [9.17, 15) is 4.79 Å². The van der Waals surface area contributed by atoms with Crippen LogP contribution in [0.15, 0.2) is 84.9 Å². The highest BCUT2D eigenvalue weighted by Gasteiger charge is 2.33. The summed E-state index contributed by atoms with van der Waals surface area (Å²) < 4.78 is 1.76. The number of hydrogen-bond donors (Lipinski definition) is 0. The lowest BCUT2D eigenvalue weighted by molar-refractivity contribution is -0.129. The third-order valence-electron chi connectivity index (χ3n) is 7.16. The molecule has 1 atom stereocenters. The molecule has 3 heterocycles. The molecule has 9 heteroatoms. The van der Waals surface area contributed by atoms with E-state index in [1.165, 1.54) is 11.3 Å². The van der Waals surface area contributed by atoms with Gasteiger partial charge in [0.1, 0.15) is 12.6 Å². The quantitative estimate of drug-likeness (QED) is 0.384. The van der Waals surface area contributed by atoms with Gasteiger partial charge in [0.25, 0.3) is 5.95 Å². The molecule has 1 aromatic heterocycles. The van der Waals surface area contributed by atoms with Crippen LogP contribution in [0.3, 0.4) is 0 Å². The molecule has 0 bridgehead atoms. The monoisotopic (exact) mass is 525 g/mol. The number of rotatable bonds is 5. The van der Waals surface area contributed by atoms with E-state index in [1.807, 2.05) is 64.4 Å². The number of tetrazole rings is 1. The number of amides is 1. The summed E-state index contributed by atoms with van der Waals surface area (Å²) in [5.74, 6) is 0.591. The second-order valence-electron chi connectivity index (χ2n) is 9.63. The van der Waals surface area contributed by atoms with Crippen LogP contribution in [0, 0.1) is 6.92 Å². The predicted molar refractivity (Wildman–Crippen MR) is 149 cm³/mol. The highest BCUT2D eigenvalue weighted by molar-refractivity contribution is 6.30. The molecule has 1 unspecified atom stereocenters. The Labute approximate surface area is 226 Å². The van der Waals surface area contributed by atoms with Crippen LogP contribution in [0.4, 0.5) is 11.6 Å². The number of hydrogen-bond acceptors (Lipinski definition) is 6. The standard InChI is InChI=1S/C29H28ClN7O/c1-21-6-5-9-25(18-21)34-14-16-35(17-15-34)28(38)20-36-26(22-7-3-2-4-8-22)19-27(37-29(36)31-32-33-37)23-10-12-24(30)13-11-23/h2-13,18-19,27H,14-17,20H2,1H3. The molecule has 3 aromatic carbocycles. The normalized spacial score (nSPS) is 17.3. The van der Waals surface area contributed by atoms with Crippen molar-refractivity contribution in [1.82, 2.24) is 25.1 Å². The zero-order valence-electron chi connectivity index (χ0n) is 21.1. The van der Waals surface area contributed by atoms with Crippen LogP contribution in [0.1, 0.15) is 22.7 Å². The minimum absolute atomic E-state index is 0.0511. The van der Waals surface area contributed by atoms with Crippen LogP contribution in [0.25, 0.3) is 5.70 Å². The Balaban J connectivity index is 1.26. The molecule has 8 nitrogen and oxygen atoms in total. The Kier molecular flexibility index (Phi) is 6.55. The molecule has 0 radical (unpaired) electrons. The number of anilines is 2. The Morgan fingerprint density at radius 2 is 1.71 bits per heavy atom. The molecule has 38 heavy (non-hydrogen) atoms. The molecule has 4 aromatic rings. The summed E-state index contributed by atoms with van der Waals surface area (Å²) in [5, 5.41) is 13.3. The fourth-order valence-electron chi connectivity index (χ4n) is 5.15. The van der Waals surface area contributed by atoms with Gasteiger partial charge in [-0.25, -0.2) is 0 Å². The van der Waals surface area contributed by atoms with Crippen molar-refractivity contribution in [3.05, 3.63) is 107 Å². The lowest BCUT2D eigenvalue weighted by atomic mass is 10.0. The first kappa shape index (κ1) is 24.2. The van der Waals surface area contributed by atoms with Crippen molar-refractivity contribution in [2.24, 2.45) is 0 Å². The van der Waals surface area contributed by atoms with E-state index in [1.54, 1.807) is 4.68 Å². The number of halogens is 1. The van der Waals surface area contributed by atoms with E-state index in [0.717, 1.165) is 29.9 Å². The van der Waals surface area contributed by atoms with Crippen molar-refractivity contribution >= 4 is 34.8 Å². The van der Waals surface area contributed by atoms with Crippen molar-refractivity contribution in [2.45, 2.75) is 13.0 Å². The molecule has 0 saturated carbocycles. The average Bonchev–Trinajstić information content (AvgIpc) is 3.45. The summed E-state index contributed by atoms with van der Waals surface area (Å²) in [6.45, 7) is 5.19. The van der Waals surface area contributed by atoms with Gasteiger partial charge in [0.15, 0.2) is 0 Å². The molecule has 2 aliphatic rings. The second-order valence-corrected chi connectivity index (χ2v) is 10.1. The van der Waals surface area contributed by atoms with Crippen molar-refractivity contribution in [3.63, 3.8) is 0 Å². The number of aromatic nitrogens is 4. The van der Waals surface area contributed by atoms with Gasteiger partial charge >= 0.3 is 0 Å². The van der Waals surface area contributed by atoms with Crippen molar-refractivity contribution in [1.29, 1.82) is 0 Å². The minimum atomic E-state index is -0.225. The van der Waals surface area contributed by atoms with E-state index in [-0.39, 0.29) is 18.5 Å². The van der Waals surface area contributed by atoms with Gasteiger partial charge < -0.3 is 9.80 Å². The van der Waals surface area contributed by atoms with Crippen LogP contribution in [0.5, 0.6) is 0 Å². The Bertz CT molecular complexity index is 1460. The molecule has 1 fully saturated rings. The maximum atomic E-state index is 13.6. The number of benzene rings is 3. The SMILES string of the molecule is Cc1cccc(N2CCN(C(=O)CN3C(c4ccccc4)=CC(c4ccc(Cl)cc4)n4nnnc43)CC2)c1. The summed E-state index contributed by atoms with van der Waals surface area (Å²) in [6, 6.07) is 26.0. The van der Waals surface area contributed by atoms with Crippen LogP contribution >= 0.6 is 11.6 Å². The fraction of sp³-hybridized carbons (Fsp3) is 0.241. The molecule has 1 saturated heterocycles. The van der Waals surface area contributed by atoms with Crippen molar-refractivity contribution < 1.29 is 4.79 Å². The number of aryl methyl sites for hydroxylation is 1. The Morgan fingerprint density at radius 3 is 2.45 bits per heavy atom. The Hall–Kier alpha value is -4.17.